The van der Waals surface area contributed by atoms with Crippen molar-refractivity contribution in [3.63, 3.8) is 0 Å². The largest absolute Gasteiger partial charge is 0.491 e. The maximum Gasteiger partial charge on any atom is 0.303 e. The van der Waals surface area contributed by atoms with E-state index in [9.17, 15) is 13.2 Å². The van der Waals surface area contributed by atoms with Crippen molar-refractivity contribution in [2.24, 2.45) is 0 Å². The van der Waals surface area contributed by atoms with Crippen LogP contribution in [-0.4, -0.2) is 32.4 Å². The summed E-state index contributed by atoms with van der Waals surface area (Å²) in [7, 11) is -3.52. The highest BCUT2D eigenvalue weighted by Crippen LogP contribution is 2.41. The molecule has 0 aliphatic heterocycles. The Morgan fingerprint density at radius 3 is 2.48 bits per heavy atom. The zero-order valence-corrected chi connectivity index (χ0v) is 18.0. The van der Waals surface area contributed by atoms with E-state index in [4.69, 9.17) is 9.84 Å². The van der Waals surface area contributed by atoms with E-state index in [1.54, 1.807) is 6.07 Å². The van der Waals surface area contributed by atoms with Gasteiger partial charge in [-0.25, -0.2) is 8.42 Å². The lowest BCUT2D eigenvalue weighted by Crippen LogP contribution is -2.13. The highest BCUT2D eigenvalue weighted by atomic mass is 32.2. The van der Waals surface area contributed by atoms with Crippen LogP contribution in [0.2, 0.25) is 0 Å². The summed E-state index contributed by atoms with van der Waals surface area (Å²) in [5.74, 6) is -0.420. The summed E-state index contributed by atoms with van der Waals surface area (Å²) < 4.78 is 32.6. The van der Waals surface area contributed by atoms with Gasteiger partial charge < -0.3 is 9.84 Å². The second-order valence-corrected chi connectivity index (χ2v) is 8.97. The van der Waals surface area contributed by atoms with Gasteiger partial charge in [0.1, 0.15) is 0 Å². The molecule has 0 aliphatic carbocycles. The van der Waals surface area contributed by atoms with Crippen molar-refractivity contribution in [2.75, 3.05) is 17.6 Å². The number of hydrogen-bond acceptors (Lipinski definition) is 4. The van der Waals surface area contributed by atoms with Gasteiger partial charge in [-0.3, -0.25) is 9.52 Å². The van der Waals surface area contributed by atoms with Crippen molar-refractivity contribution in [1.29, 1.82) is 0 Å². The molecule has 7 heteroatoms. The molecule has 6 nitrogen and oxygen atoms in total. The Hall–Kier alpha value is -2.54. The predicted octanol–water partition coefficient (Wildman–Crippen LogP) is 4.87. The Balaban J connectivity index is 2.59. The number of rotatable bonds is 11. The first-order valence-electron chi connectivity index (χ1n) is 9.77. The monoisotopic (exact) mass is 419 g/mol. The molecule has 2 aromatic rings. The molecule has 0 spiro atoms. The lowest BCUT2D eigenvalue weighted by molar-refractivity contribution is -0.137. The van der Waals surface area contributed by atoms with Crippen molar-refractivity contribution in [3.05, 3.63) is 48.0 Å². The second-order valence-electron chi connectivity index (χ2n) is 7.22. The minimum atomic E-state index is -3.52. The molecule has 2 aromatic carbocycles. The molecule has 0 amide bonds. The Morgan fingerprint density at radius 2 is 1.90 bits per heavy atom. The third-order valence-corrected chi connectivity index (χ3v) is 5.19. The molecule has 2 N–H and O–H groups in total. The number of carboxylic acids is 1. The van der Waals surface area contributed by atoms with Crippen LogP contribution in [0.4, 0.5) is 5.69 Å². The lowest BCUT2D eigenvalue weighted by Gasteiger charge is -2.21. The Bertz CT molecular complexity index is 926. The summed E-state index contributed by atoms with van der Waals surface area (Å²) in [5.41, 5.74) is 2.93. The first-order chi connectivity index (χ1) is 13.7. The van der Waals surface area contributed by atoms with Crippen molar-refractivity contribution in [3.8, 4) is 16.9 Å². The number of nitrogens with one attached hydrogen (secondary N) is 1. The minimum absolute atomic E-state index is 0.0471. The molecule has 1 unspecified atom stereocenters. The number of aliphatic carboxylic acids is 1. The molecule has 0 saturated carbocycles. The highest BCUT2D eigenvalue weighted by molar-refractivity contribution is 7.92. The van der Waals surface area contributed by atoms with E-state index in [-0.39, 0.29) is 12.3 Å². The molecule has 1 atom stereocenters. The third-order valence-electron chi connectivity index (χ3n) is 4.60. The standard InChI is InChI=1S/C22H29NO5S/c1-4-5-13-28-22-19(17-9-7-6-8-10-17)14-18(16(2)11-12-21(24)25)15-20(22)23-29(3,26)27/h6-10,14-16,23H,4-5,11-13H2,1-3H3,(H,24,25). The maximum absolute atomic E-state index is 12.0. The summed E-state index contributed by atoms with van der Waals surface area (Å²) >= 11 is 0. The number of benzene rings is 2. The fourth-order valence-electron chi connectivity index (χ4n) is 3.02. The highest BCUT2D eigenvalue weighted by Gasteiger charge is 2.19. The van der Waals surface area contributed by atoms with Gasteiger partial charge in [0.25, 0.3) is 0 Å². The Kier molecular flexibility index (Phi) is 8.08. The topological polar surface area (TPSA) is 92.7 Å². The molecular formula is C22H29NO5S. The summed E-state index contributed by atoms with van der Waals surface area (Å²) in [6, 6.07) is 13.3. The van der Waals surface area contributed by atoms with Crippen LogP contribution in [-0.2, 0) is 14.8 Å². The molecule has 2 rings (SSSR count). The molecule has 0 aromatic heterocycles. The molecular weight excluding hydrogens is 390 g/mol. The van der Waals surface area contributed by atoms with E-state index >= 15 is 0 Å². The minimum Gasteiger partial charge on any atom is -0.491 e. The van der Waals surface area contributed by atoms with Gasteiger partial charge in [-0.1, -0.05) is 50.6 Å². The smallest absolute Gasteiger partial charge is 0.303 e. The van der Waals surface area contributed by atoms with Crippen LogP contribution in [0.1, 0.15) is 51.0 Å². The number of unbranched alkanes of at least 4 members (excludes halogenated alkanes) is 1. The van der Waals surface area contributed by atoms with Gasteiger partial charge in [0.05, 0.1) is 18.6 Å². The number of ether oxygens (including phenoxy) is 1. The molecule has 0 radical (unpaired) electrons. The van der Waals surface area contributed by atoms with Crippen LogP contribution in [0.25, 0.3) is 11.1 Å². The molecule has 0 saturated heterocycles. The van der Waals surface area contributed by atoms with Crippen LogP contribution in [0.5, 0.6) is 5.75 Å². The molecule has 0 fully saturated rings. The van der Waals surface area contributed by atoms with Gasteiger partial charge in [-0.05, 0) is 42.0 Å². The van der Waals surface area contributed by atoms with E-state index in [0.29, 0.717) is 24.5 Å². The normalized spacial score (nSPS) is 12.4. The second kappa shape index (κ2) is 10.3. The van der Waals surface area contributed by atoms with E-state index in [1.807, 2.05) is 43.3 Å². The molecule has 29 heavy (non-hydrogen) atoms. The molecule has 158 valence electrons. The van der Waals surface area contributed by atoms with Crippen molar-refractivity contribution in [2.45, 2.75) is 45.4 Å². The summed E-state index contributed by atoms with van der Waals surface area (Å²) in [5, 5.41) is 9.00. The van der Waals surface area contributed by atoms with Gasteiger partial charge in [0.15, 0.2) is 5.75 Å². The van der Waals surface area contributed by atoms with Crippen molar-refractivity contribution >= 4 is 21.7 Å². The lowest BCUT2D eigenvalue weighted by atomic mass is 9.91. The zero-order valence-electron chi connectivity index (χ0n) is 17.1. The number of carboxylic acid groups (broad SMARTS) is 1. The molecule has 0 heterocycles. The van der Waals surface area contributed by atoms with Crippen LogP contribution < -0.4 is 9.46 Å². The SMILES string of the molecule is CCCCOc1c(NS(C)(=O)=O)cc(C(C)CCC(=O)O)cc1-c1ccccc1. The Labute approximate surface area is 173 Å². The Morgan fingerprint density at radius 1 is 1.21 bits per heavy atom. The summed E-state index contributed by atoms with van der Waals surface area (Å²) in [6.45, 7) is 4.47. The van der Waals surface area contributed by atoms with Crippen LogP contribution >= 0.6 is 0 Å². The quantitative estimate of drug-likeness (QED) is 0.507. The number of sulfonamides is 1. The van der Waals surface area contributed by atoms with Crippen molar-refractivity contribution < 1.29 is 23.1 Å². The van der Waals surface area contributed by atoms with E-state index in [1.165, 1.54) is 0 Å². The van der Waals surface area contributed by atoms with Gasteiger partial charge in [-0.2, -0.15) is 0 Å². The fourth-order valence-corrected chi connectivity index (χ4v) is 3.58. The summed E-state index contributed by atoms with van der Waals surface area (Å²) in [4.78, 5) is 11.0. The number of carbonyl (C=O) groups is 1. The maximum atomic E-state index is 12.0. The average Bonchev–Trinajstić information content (AvgIpc) is 2.66. The predicted molar refractivity (Wildman–Crippen MR) is 116 cm³/mol. The van der Waals surface area contributed by atoms with Gasteiger partial charge in [0.2, 0.25) is 10.0 Å². The van der Waals surface area contributed by atoms with Crippen LogP contribution in [0.15, 0.2) is 42.5 Å². The molecule has 0 bridgehead atoms. The van der Waals surface area contributed by atoms with Gasteiger partial charge in [0, 0.05) is 12.0 Å². The fraction of sp³-hybridized carbons (Fsp3) is 0.409. The van der Waals surface area contributed by atoms with Crippen molar-refractivity contribution in [1.82, 2.24) is 0 Å². The number of anilines is 1. The van der Waals surface area contributed by atoms with E-state index in [2.05, 4.69) is 11.6 Å². The van der Waals surface area contributed by atoms with Crippen LogP contribution in [0.3, 0.4) is 0 Å². The van der Waals surface area contributed by atoms with Gasteiger partial charge >= 0.3 is 5.97 Å². The first kappa shape index (κ1) is 22.7. The third kappa shape index (κ3) is 7.09. The zero-order chi connectivity index (χ0) is 21.4. The molecule has 0 aliphatic rings. The number of hydrogen-bond donors (Lipinski definition) is 2. The van der Waals surface area contributed by atoms with E-state index in [0.717, 1.165) is 35.8 Å². The average molecular weight is 420 g/mol. The first-order valence-corrected chi connectivity index (χ1v) is 11.7. The summed E-state index contributed by atoms with van der Waals surface area (Å²) in [6.07, 6.45) is 3.41. The van der Waals surface area contributed by atoms with Crippen LogP contribution in [0, 0.1) is 0 Å². The van der Waals surface area contributed by atoms with Gasteiger partial charge in [-0.15, -0.1) is 0 Å². The van der Waals surface area contributed by atoms with E-state index < -0.39 is 16.0 Å².